The van der Waals surface area contributed by atoms with E-state index in [1.165, 1.54) is 0 Å². The molecule has 0 saturated heterocycles. The number of halogens is 1. The minimum atomic E-state index is -0.582. The summed E-state index contributed by atoms with van der Waals surface area (Å²) < 4.78 is 0. The third kappa shape index (κ3) is 2.40. The van der Waals surface area contributed by atoms with Gasteiger partial charge in [0, 0.05) is 6.20 Å². The third-order valence-electron chi connectivity index (χ3n) is 2.00. The Labute approximate surface area is 82.5 Å². The molecular formula is C9H13ClN2O. The molecule has 3 N–H and O–H groups in total. The van der Waals surface area contributed by atoms with Crippen LogP contribution < -0.4 is 5.73 Å². The molecule has 2 atom stereocenters. The second-order valence-electron chi connectivity index (χ2n) is 3.13. The summed E-state index contributed by atoms with van der Waals surface area (Å²) in [5.41, 5.74) is 7.54. The van der Waals surface area contributed by atoms with Gasteiger partial charge in [0.1, 0.15) is 5.15 Å². The number of aromatic nitrogens is 1. The van der Waals surface area contributed by atoms with Gasteiger partial charge in [-0.15, -0.1) is 0 Å². The molecule has 0 saturated carbocycles. The maximum Gasteiger partial charge on any atom is 0.129 e. The first-order chi connectivity index (χ1) is 6.02. The van der Waals surface area contributed by atoms with Crippen molar-refractivity contribution in [1.82, 2.24) is 4.98 Å². The molecule has 1 aromatic heterocycles. The number of hydrogen-bond donors (Lipinski definition) is 2. The highest BCUT2D eigenvalue weighted by Gasteiger charge is 2.14. The van der Waals surface area contributed by atoms with Crippen LogP contribution in [0.4, 0.5) is 0 Å². The largest absolute Gasteiger partial charge is 0.391 e. The maximum atomic E-state index is 9.28. The lowest BCUT2D eigenvalue weighted by Gasteiger charge is -2.16. The van der Waals surface area contributed by atoms with Crippen LogP contribution in [0, 0.1) is 6.92 Å². The Morgan fingerprint density at radius 3 is 2.69 bits per heavy atom. The molecule has 0 fully saturated rings. The van der Waals surface area contributed by atoms with Crippen LogP contribution in [0.1, 0.15) is 24.1 Å². The van der Waals surface area contributed by atoms with Crippen LogP contribution in [0.2, 0.25) is 5.15 Å². The summed E-state index contributed by atoms with van der Waals surface area (Å²) in [7, 11) is 0. The molecule has 1 aromatic rings. The van der Waals surface area contributed by atoms with E-state index in [0.717, 1.165) is 11.1 Å². The zero-order chi connectivity index (χ0) is 10.0. The number of pyridine rings is 1. The smallest absolute Gasteiger partial charge is 0.129 e. The molecule has 0 aliphatic heterocycles. The van der Waals surface area contributed by atoms with Gasteiger partial charge >= 0.3 is 0 Å². The maximum absolute atomic E-state index is 9.28. The standard InChI is InChI=1S/C9H13ClN2O/c1-5-3-8(10)12-4-7(5)9(11)6(2)13/h3-4,6,9,13H,11H2,1-2H3/t6-,9+/m0/s1. The number of aliphatic hydroxyl groups is 1. The molecule has 1 heterocycles. The summed E-state index contributed by atoms with van der Waals surface area (Å²) in [5, 5.41) is 9.73. The van der Waals surface area contributed by atoms with Crippen molar-refractivity contribution >= 4 is 11.6 Å². The molecule has 0 bridgehead atoms. The van der Waals surface area contributed by atoms with E-state index in [0.29, 0.717) is 5.15 Å². The Kier molecular flexibility index (Phi) is 3.25. The molecule has 0 amide bonds. The zero-order valence-corrected chi connectivity index (χ0v) is 8.42. The van der Waals surface area contributed by atoms with Gasteiger partial charge < -0.3 is 10.8 Å². The molecule has 0 aromatic carbocycles. The van der Waals surface area contributed by atoms with Gasteiger partial charge in [0.15, 0.2) is 0 Å². The number of rotatable bonds is 2. The van der Waals surface area contributed by atoms with Gasteiger partial charge in [-0.1, -0.05) is 11.6 Å². The minimum absolute atomic E-state index is 0.398. The van der Waals surface area contributed by atoms with Crippen LogP contribution in [-0.4, -0.2) is 16.2 Å². The van der Waals surface area contributed by atoms with Crippen molar-refractivity contribution in [3.05, 3.63) is 28.5 Å². The lowest BCUT2D eigenvalue weighted by molar-refractivity contribution is 0.164. The van der Waals surface area contributed by atoms with Crippen LogP contribution in [0.5, 0.6) is 0 Å². The predicted molar refractivity (Wildman–Crippen MR) is 52.6 cm³/mol. The van der Waals surface area contributed by atoms with E-state index < -0.39 is 12.1 Å². The van der Waals surface area contributed by atoms with Gasteiger partial charge in [-0.25, -0.2) is 4.98 Å². The lowest BCUT2D eigenvalue weighted by Crippen LogP contribution is -2.24. The normalized spacial score (nSPS) is 15.5. The van der Waals surface area contributed by atoms with E-state index in [2.05, 4.69) is 4.98 Å². The van der Waals surface area contributed by atoms with E-state index in [1.54, 1.807) is 19.2 Å². The molecule has 4 heteroatoms. The molecule has 0 aliphatic carbocycles. The van der Waals surface area contributed by atoms with Crippen molar-refractivity contribution < 1.29 is 5.11 Å². The molecular weight excluding hydrogens is 188 g/mol. The minimum Gasteiger partial charge on any atom is -0.391 e. The Morgan fingerprint density at radius 2 is 2.23 bits per heavy atom. The average molecular weight is 201 g/mol. The highest BCUT2D eigenvalue weighted by atomic mass is 35.5. The Morgan fingerprint density at radius 1 is 1.62 bits per heavy atom. The predicted octanol–water partition coefficient (Wildman–Crippen LogP) is 1.42. The van der Waals surface area contributed by atoms with Crippen LogP contribution in [0.15, 0.2) is 12.3 Å². The first-order valence-corrected chi connectivity index (χ1v) is 4.46. The summed E-state index contributed by atoms with van der Waals surface area (Å²) in [4.78, 5) is 3.92. The Bertz CT molecular complexity index is 302. The van der Waals surface area contributed by atoms with Gasteiger partial charge in [0.25, 0.3) is 0 Å². The molecule has 72 valence electrons. The molecule has 13 heavy (non-hydrogen) atoms. The van der Waals surface area contributed by atoms with Gasteiger partial charge in [-0.3, -0.25) is 0 Å². The van der Waals surface area contributed by atoms with E-state index >= 15 is 0 Å². The highest BCUT2D eigenvalue weighted by Crippen LogP contribution is 2.19. The zero-order valence-electron chi connectivity index (χ0n) is 7.66. The Balaban J connectivity index is 3.01. The van der Waals surface area contributed by atoms with Crippen LogP contribution in [0.3, 0.4) is 0 Å². The molecule has 3 nitrogen and oxygen atoms in total. The van der Waals surface area contributed by atoms with Crippen molar-refractivity contribution in [1.29, 1.82) is 0 Å². The van der Waals surface area contributed by atoms with Crippen molar-refractivity contribution in [3.63, 3.8) is 0 Å². The lowest BCUT2D eigenvalue weighted by atomic mass is 10.0. The second kappa shape index (κ2) is 4.05. The van der Waals surface area contributed by atoms with E-state index in [1.807, 2.05) is 6.92 Å². The summed E-state index contributed by atoms with van der Waals surface area (Å²) in [6.07, 6.45) is 1.02. The molecule has 0 radical (unpaired) electrons. The van der Waals surface area contributed by atoms with Crippen LogP contribution >= 0.6 is 11.6 Å². The number of nitrogens with zero attached hydrogens (tertiary/aromatic N) is 1. The van der Waals surface area contributed by atoms with Gasteiger partial charge in [-0.05, 0) is 31.0 Å². The Hall–Kier alpha value is -0.640. The fourth-order valence-corrected chi connectivity index (χ4v) is 1.35. The van der Waals surface area contributed by atoms with Crippen molar-refractivity contribution in [3.8, 4) is 0 Å². The van der Waals surface area contributed by atoms with Crippen LogP contribution in [-0.2, 0) is 0 Å². The topological polar surface area (TPSA) is 59.1 Å². The monoisotopic (exact) mass is 200 g/mol. The quantitative estimate of drug-likeness (QED) is 0.710. The fraction of sp³-hybridized carbons (Fsp3) is 0.444. The first kappa shape index (κ1) is 10.4. The molecule has 1 rings (SSSR count). The van der Waals surface area contributed by atoms with Crippen molar-refractivity contribution in [2.24, 2.45) is 5.73 Å². The molecule has 0 spiro atoms. The van der Waals surface area contributed by atoms with E-state index in [-0.39, 0.29) is 0 Å². The first-order valence-electron chi connectivity index (χ1n) is 4.08. The van der Waals surface area contributed by atoms with Crippen molar-refractivity contribution in [2.45, 2.75) is 26.0 Å². The van der Waals surface area contributed by atoms with E-state index in [9.17, 15) is 5.11 Å². The highest BCUT2D eigenvalue weighted by molar-refractivity contribution is 6.29. The summed E-state index contributed by atoms with van der Waals surface area (Å²) in [5.74, 6) is 0. The number of aryl methyl sites for hydroxylation is 1. The average Bonchev–Trinajstić information content (AvgIpc) is 2.03. The molecule has 0 unspecified atom stereocenters. The summed E-state index contributed by atoms with van der Waals surface area (Å²) >= 11 is 5.69. The summed E-state index contributed by atoms with van der Waals surface area (Å²) in [6, 6.07) is 1.34. The van der Waals surface area contributed by atoms with E-state index in [4.69, 9.17) is 17.3 Å². The number of aliphatic hydroxyl groups excluding tert-OH is 1. The molecule has 0 aliphatic rings. The fourth-order valence-electron chi connectivity index (χ4n) is 1.14. The van der Waals surface area contributed by atoms with Gasteiger partial charge in [0.2, 0.25) is 0 Å². The third-order valence-corrected chi connectivity index (χ3v) is 2.20. The summed E-state index contributed by atoms with van der Waals surface area (Å²) in [6.45, 7) is 3.55. The number of hydrogen-bond acceptors (Lipinski definition) is 3. The van der Waals surface area contributed by atoms with Crippen molar-refractivity contribution in [2.75, 3.05) is 0 Å². The number of nitrogens with two attached hydrogens (primary N) is 1. The SMILES string of the molecule is Cc1cc(Cl)ncc1[C@H](N)[C@H](C)O. The second-order valence-corrected chi connectivity index (χ2v) is 3.52. The van der Waals surface area contributed by atoms with Crippen LogP contribution in [0.25, 0.3) is 0 Å². The van der Waals surface area contributed by atoms with Gasteiger partial charge in [-0.2, -0.15) is 0 Å². The van der Waals surface area contributed by atoms with Gasteiger partial charge in [0.05, 0.1) is 12.1 Å².